The van der Waals surface area contributed by atoms with Crippen LogP contribution in [0.1, 0.15) is 22.3 Å². The van der Waals surface area contributed by atoms with Gasteiger partial charge in [-0.05, 0) is 64.9 Å². The van der Waals surface area contributed by atoms with E-state index in [0.717, 1.165) is 22.2 Å². The zero-order valence-electron chi connectivity index (χ0n) is 16.8. The SMILES string of the molecule is N#Cc1ccccc1CN1C(=O)S/C(=C/c2cccc(OCc3ccc(F)cc3)c2)C1=O. The summed E-state index contributed by atoms with van der Waals surface area (Å²) in [5.41, 5.74) is 2.59. The lowest BCUT2D eigenvalue weighted by atomic mass is 10.1. The van der Waals surface area contributed by atoms with Crippen LogP contribution in [-0.2, 0) is 17.9 Å². The molecule has 2 amide bonds. The molecule has 1 aliphatic heterocycles. The van der Waals surface area contributed by atoms with Gasteiger partial charge in [0.05, 0.1) is 23.1 Å². The first-order valence-corrected chi connectivity index (χ1v) is 10.6. The highest BCUT2D eigenvalue weighted by atomic mass is 32.2. The number of imide groups is 1. The predicted molar refractivity (Wildman–Crippen MR) is 120 cm³/mol. The van der Waals surface area contributed by atoms with Crippen molar-refractivity contribution in [3.8, 4) is 11.8 Å². The van der Waals surface area contributed by atoms with Gasteiger partial charge >= 0.3 is 0 Å². The number of nitrogens with zero attached hydrogens (tertiary/aromatic N) is 2. The fourth-order valence-electron chi connectivity index (χ4n) is 3.17. The van der Waals surface area contributed by atoms with Gasteiger partial charge in [-0.25, -0.2) is 4.39 Å². The van der Waals surface area contributed by atoms with Crippen LogP contribution in [0.25, 0.3) is 6.08 Å². The van der Waals surface area contributed by atoms with Crippen molar-refractivity contribution >= 4 is 29.0 Å². The second kappa shape index (κ2) is 9.50. The Morgan fingerprint density at radius 1 is 1.03 bits per heavy atom. The minimum absolute atomic E-state index is 0.0482. The topological polar surface area (TPSA) is 70.4 Å². The molecule has 0 aliphatic carbocycles. The molecular weight excluding hydrogens is 427 g/mol. The van der Waals surface area contributed by atoms with E-state index >= 15 is 0 Å². The molecule has 1 heterocycles. The largest absolute Gasteiger partial charge is 0.489 e. The fourth-order valence-corrected chi connectivity index (χ4v) is 4.00. The van der Waals surface area contributed by atoms with E-state index in [4.69, 9.17) is 4.74 Å². The number of halogens is 1. The fraction of sp³-hybridized carbons (Fsp3) is 0.0800. The van der Waals surface area contributed by atoms with E-state index < -0.39 is 5.91 Å². The molecule has 0 atom stereocenters. The summed E-state index contributed by atoms with van der Waals surface area (Å²) in [7, 11) is 0. The van der Waals surface area contributed by atoms with Crippen LogP contribution >= 0.6 is 11.8 Å². The van der Waals surface area contributed by atoms with Crippen LogP contribution in [0.2, 0.25) is 0 Å². The third-order valence-corrected chi connectivity index (χ3v) is 5.72. The third-order valence-electron chi connectivity index (χ3n) is 4.81. The predicted octanol–water partition coefficient (Wildman–Crippen LogP) is 5.51. The number of hydrogen-bond donors (Lipinski definition) is 0. The van der Waals surface area contributed by atoms with Gasteiger partial charge in [0.15, 0.2) is 0 Å². The zero-order chi connectivity index (χ0) is 22.5. The first kappa shape index (κ1) is 21.3. The van der Waals surface area contributed by atoms with Crippen LogP contribution in [0.4, 0.5) is 9.18 Å². The van der Waals surface area contributed by atoms with Gasteiger partial charge in [-0.1, -0.05) is 42.5 Å². The van der Waals surface area contributed by atoms with Crippen LogP contribution in [0.5, 0.6) is 5.75 Å². The van der Waals surface area contributed by atoms with Gasteiger partial charge in [0, 0.05) is 0 Å². The Balaban J connectivity index is 1.47. The average Bonchev–Trinajstić information content (AvgIpc) is 3.06. The third kappa shape index (κ3) is 4.88. The molecule has 7 heteroatoms. The molecule has 0 saturated carbocycles. The molecule has 1 aliphatic rings. The van der Waals surface area contributed by atoms with Crippen molar-refractivity contribution in [2.24, 2.45) is 0 Å². The van der Waals surface area contributed by atoms with E-state index in [1.807, 2.05) is 6.07 Å². The maximum Gasteiger partial charge on any atom is 0.293 e. The Morgan fingerprint density at radius 3 is 2.59 bits per heavy atom. The van der Waals surface area contributed by atoms with E-state index in [2.05, 4.69) is 6.07 Å². The highest BCUT2D eigenvalue weighted by Gasteiger charge is 2.35. The van der Waals surface area contributed by atoms with E-state index in [-0.39, 0.29) is 24.2 Å². The van der Waals surface area contributed by atoms with Crippen molar-refractivity contribution in [1.82, 2.24) is 4.90 Å². The van der Waals surface area contributed by atoms with Crippen molar-refractivity contribution in [2.45, 2.75) is 13.2 Å². The Hall–Kier alpha value is -3.89. The van der Waals surface area contributed by atoms with E-state index in [1.54, 1.807) is 60.7 Å². The lowest BCUT2D eigenvalue weighted by molar-refractivity contribution is -0.123. The van der Waals surface area contributed by atoms with Gasteiger partial charge in [0.2, 0.25) is 0 Å². The Kier molecular flexibility index (Phi) is 6.34. The number of rotatable bonds is 6. The molecule has 158 valence electrons. The number of ether oxygens (including phenoxy) is 1. The smallest absolute Gasteiger partial charge is 0.293 e. The van der Waals surface area contributed by atoms with Crippen molar-refractivity contribution in [3.63, 3.8) is 0 Å². The van der Waals surface area contributed by atoms with Crippen molar-refractivity contribution in [1.29, 1.82) is 5.26 Å². The number of amides is 2. The molecule has 0 bridgehead atoms. The quantitative estimate of drug-likeness (QED) is 0.469. The number of carbonyl (C=O) groups excluding carboxylic acids is 2. The van der Waals surface area contributed by atoms with Gasteiger partial charge in [-0.2, -0.15) is 5.26 Å². The van der Waals surface area contributed by atoms with Gasteiger partial charge < -0.3 is 4.74 Å². The number of hydrogen-bond acceptors (Lipinski definition) is 5. The molecule has 5 nitrogen and oxygen atoms in total. The summed E-state index contributed by atoms with van der Waals surface area (Å²) in [6.07, 6.45) is 1.64. The molecule has 0 radical (unpaired) electrons. The molecule has 0 aromatic heterocycles. The lowest BCUT2D eigenvalue weighted by Crippen LogP contribution is -2.27. The van der Waals surface area contributed by atoms with E-state index in [1.165, 1.54) is 12.1 Å². The van der Waals surface area contributed by atoms with E-state index in [9.17, 15) is 19.2 Å². The molecule has 0 N–H and O–H groups in total. The Morgan fingerprint density at radius 2 is 1.81 bits per heavy atom. The molecule has 3 aromatic carbocycles. The van der Waals surface area contributed by atoms with Crippen LogP contribution in [-0.4, -0.2) is 16.0 Å². The van der Waals surface area contributed by atoms with Crippen LogP contribution in [0, 0.1) is 17.1 Å². The molecular formula is C25H17FN2O3S. The minimum Gasteiger partial charge on any atom is -0.489 e. The molecule has 0 unspecified atom stereocenters. The molecule has 3 aromatic rings. The normalized spacial score (nSPS) is 14.6. The summed E-state index contributed by atoms with van der Waals surface area (Å²) in [6.45, 7) is 0.325. The van der Waals surface area contributed by atoms with Gasteiger partial charge in [0.25, 0.3) is 11.1 Å². The van der Waals surface area contributed by atoms with Crippen molar-refractivity contribution < 1.29 is 18.7 Å². The van der Waals surface area contributed by atoms with Gasteiger partial charge in [0.1, 0.15) is 18.2 Å². The minimum atomic E-state index is -0.398. The first-order valence-electron chi connectivity index (χ1n) is 9.74. The summed E-state index contributed by atoms with van der Waals surface area (Å²) in [5, 5.41) is 8.86. The van der Waals surface area contributed by atoms with Gasteiger partial charge in [-0.3, -0.25) is 14.5 Å². The number of nitriles is 1. The maximum atomic E-state index is 13.0. The van der Waals surface area contributed by atoms with Crippen molar-refractivity contribution in [3.05, 3.63) is 106 Å². The Bertz CT molecular complexity index is 1250. The zero-order valence-corrected chi connectivity index (χ0v) is 17.6. The summed E-state index contributed by atoms with van der Waals surface area (Å²) in [4.78, 5) is 26.7. The highest BCUT2D eigenvalue weighted by Crippen LogP contribution is 2.34. The molecule has 1 fully saturated rings. The highest BCUT2D eigenvalue weighted by molar-refractivity contribution is 8.18. The maximum absolute atomic E-state index is 13.0. The molecule has 1 saturated heterocycles. The Labute approximate surface area is 188 Å². The summed E-state index contributed by atoms with van der Waals surface area (Å²) in [5.74, 6) is -0.114. The van der Waals surface area contributed by atoms with Crippen LogP contribution in [0.3, 0.4) is 0 Å². The number of benzene rings is 3. The molecule has 4 rings (SSSR count). The second-order valence-corrected chi connectivity index (χ2v) is 8.02. The van der Waals surface area contributed by atoms with Crippen LogP contribution in [0.15, 0.2) is 77.7 Å². The van der Waals surface area contributed by atoms with E-state index in [0.29, 0.717) is 27.3 Å². The van der Waals surface area contributed by atoms with Crippen molar-refractivity contribution in [2.75, 3.05) is 0 Å². The van der Waals surface area contributed by atoms with Crippen LogP contribution < -0.4 is 4.74 Å². The monoisotopic (exact) mass is 444 g/mol. The average molecular weight is 444 g/mol. The number of carbonyl (C=O) groups is 2. The summed E-state index contributed by atoms with van der Waals surface area (Å²) < 4.78 is 18.8. The first-order chi connectivity index (χ1) is 15.5. The summed E-state index contributed by atoms with van der Waals surface area (Å²) in [6, 6.07) is 22.2. The molecule has 0 spiro atoms. The van der Waals surface area contributed by atoms with Gasteiger partial charge in [-0.15, -0.1) is 0 Å². The summed E-state index contributed by atoms with van der Waals surface area (Å²) >= 11 is 0.866. The molecule has 32 heavy (non-hydrogen) atoms. The second-order valence-electron chi connectivity index (χ2n) is 7.02. The lowest BCUT2D eigenvalue weighted by Gasteiger charge is -2.13. The number of thioether (sulfide) groups is 1. The standard InChI is InChI=1S/C25H17FN2O3S/c26-21-10-8-17(9-11-21)16-31-22-7-3-4-18(12-22)13-23-24(29)28(25(30)32-23)15-20-6-2-1-5-19(20)14-27/h1-13H,15-16H2/b23-13+.